The Morgan fingerprint density at radius 3 is 2.55 bits per heavy atom. The van der Waals surface area contributed by atoms with Crippen molar-refractivity contribution >= 4 is 33.8 Å². The second-order valence-corrected chi connectivity index (χ2v) is 12.3. The molecule has 3 aliphatic rings. The quantitative estimate of drug-likeness (QED) is 0.376. The summed E-state index contributed by atoms with van der Waals surface area (Å²) < 4.78 is 24.5. The lowest BCUT2D eigenvalue weighted by atomic mass is 9.90. The molecule has 1 aliphatic carbocycles. The number of nitrogens with two attached hydrogens (primary N) is 1. The number of amides is 2. The van der Waals surface area contributed by atoms with Crippen LogP contribution in [0.2, 0.25) is 0 Å². The second-order valence-electron chi connectivity index (χ2n) is 12.3. The van der Waals surface area contributed by atoms with Crippen molar-refractivity contribution in [3.8, 4) is 17.3 Å². The van der Waals surface area contributed by atoms with E-state index in [0.29, 0.717) is 35.2 Å². The molecule has 2 amide bonds. The molecule has 0 spiro atoms. The maximum atomic E-state index is 14.2. The fourth-order valence-electron chi connectivity index (χ4n) is 6.79. The first-order valence-corrected chi connectivity index (χ1v) is 14.8. The van der Waals surface area contributed by atoms with E-state index in [4.69, 9.17) is 15.5 Å². The minimum atomic E-state index is -1.13. The summed E-state index contributed by atoms with van der Waals surface area (Å²) in [6.45, 7) is 4.37. The first kappa shape index (κ1) is 26.9. The van der Waals surface area contributed by atoms with Crippen LogP contribution in [0.15, 0.2) is 36.4 Å². The molecular weight excluding hydrogens is 535 g/mol. The Bertz CT molecular complexity index is 1710. The summed E-state index contributed by atoms with van der Waals surface area (Å²) in [5.41, 5.74) is 11.4. The Hall–Kier alpha value is -3.92. The molecule has 2 aromatic heterocycles. The second kappa shape index (κ2) is 10.1. The maximum Gasteiger partial charge on any atom is 0.254 e. The van der Waals surface area contributed by atoms with Gasteiger partial charge in [-0.15, -0.1) is 0 Å². The van der Waals surface area contributed by atoms with Gasteiger partial charge in [0.15, 0.2) is 5.82 Å². The number of piperidine rings is 1. The zero-order valence-electron chi connectivity index (χ0n) is 24.3. The van der Waals surface area contributed by atoms with Crippen molar-refractivity contribution in [3.05, 3.63) is 47.5 Å². The number of methoxy groups -OCH3 is 1. The molecule has 0 unspecified atom stereocenters. The number of para-hydroxylation sites is 1. The average molecular weight is 573 g/mol. The number of hydrogen-bond acceptors (Lipinski definition) is 5. The molecular formula is C32H37FN6O3. The molecule has 0 bridgehead atoms. The SMILES string of the molecule is COc1cc(C(=O)N2C[C@H](N)C[C@@H](F)C2)cc2nc(-c3cc4cccc(C5CN(C(C)=O)C5)c4n3CC3CC3)n(C)c12. The van der Waals surface area contributed by atoms with E-state index < -0.39 is 6.17 Å². The number of nitrogens with zero attached hydrogens (tertiary/aromatic N) is 5. The van der Waals surface area contributed by atoms with Gasteiger partial charge in [-0.3, -0.25) is 9.59 Å². The summed E-state index contributed by atoms with van der Waals surface area (Å²) in [5.74, 6) is 2.11. The summed E-state index contributed by atoms with van der Waals surface area (Å²) in [6.07, 6.45) is 1.56. The molecule has 2 N–H and O–H groups in total. The smallest absolute Gasteiger partial charge is 0.254 e. The summed E-state index contributed by atoms with van der Waals surface area (Å²) in [6, 6.07) is 11.8. The number of alkyl halides is 1. The number of hydrogen-bond donors (Lipinski definition) is 1. The van der Waals surface area contributed by atoms with Crippen LogP contribution >= 0.6 is 0 Å². The largest absolute Gasteiger partial charge is 0.494 e. The molecule has 10 heteroatoms. The van der Waals surface area contributed by atoms with Gasteiger partial charge in [0.25, 0.3) is 5.91 Å². The predicted octanol–water partition coefficient (Wildman–Crippen LogP) is 4.07. The van der Waals surface area contributed by atoms with Gasteiger partial charge in [-0.25, -0.2) is 9.37 Å². The summed E-state index contributed by atoms with van der Waals surface area (Å²) >= 11 is 0. The van der Waals surface area contributed by atoms with Gasteiger partial charge in [-0.1, -0.05) is 18.2 Å². The van der Waals surface area contributed by atoms with E-state index in [9.17, 15) is 14.0 Å². The van der Waals surface area contributed by atoms with Crippen LogP contribution in [0.5, 0.6) is 5.75 Å². The Kier molecular flexibility index (Phi) is 6.49. The Balaban J connectivity index is 1.33. The van der Waals surface area contributed by atoms with Crippen molar-refractivity contribution < 1.29 is 18.7 Å². The Morgan fingerprint density at radius 2 is 1.86 bits per heavy atom. The number of aromatic nitrogens is 3. The number of rotatable bonds is 6. The van der Waals surface area contributed by atoms with Crippen LogP contribution < -0.4 is 10.5 Å². The zero-order chi connectivity index (χ0) is 29.3. The molecule has 1 saturated carbocycles. The fourth-order valence-corrected chi connectivity index (χ4v) is 6.79. The molecule has 4 aromatic rings. The average Bonchev–Trinajstić information content (AvgIpc) is 3.59. The van der Waals surface area contributed by atoms with Crippen LogP contribution in [-0.4, -0.2) is 81.2 Å². The standard InChI is InChI=1S/C32H37FN6O3/c1-18(40)37-14-22(15-37)25-6-4-5-20-10-27(39(29(20)25)13-19-7-8-19)31-35-26-9-21(11-28(42-3)30(26)36(31)2)32(41)38-16-23(33)12-24(34)17-38/h4-6,9-11,19,22-24H,7-8,12-17,34H2,1-3H3/t23-,24-/m1/s1. The minimum Gasteiger partial charge on any atom is -0.494 e. The van der Waals surface area contributed by atoms with Crippen molar-refractivity contribution in [2.24, 2.45) is 18.7 Å². The van der Waals surface area contributed by atoms with Gasteiger partial charge in [0, 0.05) is 63.1 Å². The molecule has 2 saturated heterocycles. The number of benzene rings is 2. The molecule has 3 fully saturated rings. The van der Waals surface area contributed by atoms with Gasteiger partial charge in [-0.2, -0.15) is 0 Å². The van der Waals surface area contributed by atoms with Crippen LogP contribution in [0, 0.1) is 5.92 Å². The molecule has 220 valence electrons. The third-order valence-electron chi connectivity index (χ3n) is 9.21. The van der Waals surface area contributed by atoms with Gasteiger partial charge in [-0.05, 0) is 48.9 Å². The molecule has 9 nitrogen and oxygen atoms in total. The van der Waals surface area contributed by atoms with Gasteiger partial charge >= 0.3 is 0 Å². The molecule has 42 heavy (non-hydrogen) atoms. The third-order valence-corrected chi connectivity index (χ3v) is 9.21. The van der Waals surface area contributed by atoms with Crippen molar-refractivity contribution in [1.82, 2.24) is 23.9 Å². The van der Waals surface area contributed by atoms with Gasteiger partial charge in [0.05, 0.1) is 30.4 Å². The van der Waals surface area contributed by atoms with Gasteiger partial charge in [0.1, 0.15) is 17.4 Å². The first-order chi connectivity index (χ1) is 20.2. The lowest BCUT2D eigenvalue weighted by Gasteiger charge is -2.39. The van der Waals surface area contributed by atoms with E-state index in [2.05, 4.69) is 28.8 Å². The molecule has 0 radical (unpaired) electrons. The Labute approximate surface area is 244 Å². The maximum absolute atomic E-state index is 14.2. The normalized spacial score (nSPS) is 21.3. The lowest BCUT2D eigenvalue weighted by molar-refractivity contribution is -0.133. The van der Waals surface area contributed by atoms with Gasteiger partial charge < -0.3 is 29.4 Å². The highest BCUT2D eigenvalue weighted by Crippen LogP contribution is 2.41. The highest BCUT2D eigenvalue weighted by atomic mass is 19.1. The van der Waals surface area contributed by atoms with Gasteiger partial charge in [0.2, 0.25) is 5.91 Å². The van der Waals surface area contributed by atoms with Crippen molar-refractivity contribution in [1.29, 1.82) is 0 Å². The predicted molar refractivity (Wildman–Crippen MR) is 159 cm³/mol. The Morgan fingerprint density at radius 1 is 1.07 bits per heavy atom. The zero-order valence-corrected chi connectivity index (χ0v) is 24.3. The number of carbonyl (C=O) groups excluding carboxylic acids is 2. The monoisotopic (exact) mass is 572 g/mol. The van der Waals surface area contributed by atoms with Crippen molar-refractivity contribution in [2.75, 3.05) is 33.3 Å². The fraction of sp³-hybridized carbons (Fsp3) is 0.469. The van der Waals surface area contributed by atoms with Crippen LogP contribution in [0.3, 0.4) is 0 Å². The number of halogens is 1. The van der Waals surface area contributed by atoms with Crippen molar-refractivity contribution in [2.45, 2.75) is 50.9 Å². The number of likely N-dealkylation sites (tertiary alicyclic amines) is 2. The molecule has 2 aromatic carbocycles. The molecule has 2 aliphatic heterocycles. The lowest BCUT2D eigenvalue weighted by Crippen LogP contribution is -2.50. The highest BCUT2D eigenvalue weighted by molar-refractivity contribution is 6.00. The highest BCUT2D eigenvalue weighted by Gasteiger charge is 2.34. The number of aryl methyl sites for hydroxylation is 1. The van der Waals surface area contributed by atoms with E-state index in [1.165, 1.54) is 28.8 Å². The van der Waals surface area contributed by atoms with E-state index in [1.54, 1.807) is 26.2 Å². The van der Waals surface area contributed by atoms with E-state index in [1.807, 2.05) is 16.5 Å². The van der Waals surface area contributed by atoms with E-state index in [-0.39, 0.29) is 30.8 Å². The summed E-state index contributed by atoms with van der Waals surface area (Å²) in [7, 11) is 3.56. The van der Waals surface area contributed by atoms with Crippen LogP contribution in [0.1, 0.15) is 48.0 Å². The summed E-state index contributed by atoms with van der Waals surface area (Å²) in [4.78, 5) is 33.8. The van der Waals surface area contributed by atoms with Crippen LogP contribution in [0.4, 0.5) is 4.39 Å². The number of imidazole rings is 1. The van der Waals surface area contributed by atoms with Crippen molar-refractivity contribution in [3.63, 3.8) is 0 Å². The summed E-state index contributed by atoms with van der Waals surface area (Å²) in [5, 5.41) is 1.15. The van der Waals surface area contributed by atoms with Crippen LogP contribution in [0.25, 0.3) is 33.5 Å². The first-order valence-electron chi connectivity index (χ1n) is 14.8. The third kappa shape index (κ3) is 4.52. The number of ether oxygens (including phenoxy) is 1. The van der Waals surface area contributed by atoms with Crippen LogP contribution in [-0.2, 0) is 18.4 Å². The molecule has 7 rings (SSSR count). The minimum absolute atomic E-state index is 0.0368. The number of carbonyl (C=O) groups is 2. The molecule has 2 atom stereocenters. The van der Waals surface area contributed by atoms with E-state index >= 15 is 0 Å². The topological polar surface area (TPSA) is 98.6 Å². The molecule has 4 heterocycles. The number of fused-ring (bicyclic) bond motifs is 2. The van der Waals surface area contributed by atoms with E-state index in [0.717, 1.165) is 42.1 Å².